The van der Waals surface area contributed by atoms with Crippen LogP contribution in [0.3, 0.4) is 0 Å². The lowest BCUT2D eigenvalue weighted by molar-refractivity contribution is 0.00772. The van der Waals surface area contributed by atoms with Gasteiger partial charge >= 0.3 is 11.9 Å². The molecular formula is C28H48O4. The minimum atomic E-state index is -1.11. The number of carbonyl (C=O) groups is 2. The van der Waals surface area contributed by atoms with Crippen molar-refractivity contribution in [3.05, 3.63) is 35.4 Å². The van der Waals surface area contributed by atoms with Gasteiger partial charge in [-0.3, -0.25) is 0 Å². The van der Waals surface area contributed by atoms with E-state index in [1.54, 1.807) is 12.1 Å². The maximum Gasteiger partial charge on any atom is 0.339 e. The van der Waals surface area contributed by atoms with E-state index in [1.807, 2.05) is 27.7 Å². The Balaban J connectivity index is 0.000000666. The number of carboxylic acid groups (broad SMARTS) is 1. The monoisotopic (exact) mass is 448 g/mol. The third kappa shape index (κ3) is 11.2. The average Bonchev–Trinajstić information content (AvgIpc) is 2.76. The van der Waals surface area contributed by atoms with Gasteiger partial charge in [-0.25, -0.2) is 9.59 Å². The number of esters is 1. The molecule has 0 aliphatic heterocycles. The summed E-state index contributed by atoms with van der Waals surface area (Å²) in [5.41, 5.74) is 0.125. The second-order valence-corrected chi connectivity index (χ2v) is 9.17. The zero-order valence-electron chi connectivity index (χ0n) is 21.8. The van der Waals surface area contributed by atoms with E-state index in [-0.39, 0.29) is 17.2 Å². The van der Waals surface area contributed by atoms with Crippen molar-refractivity contribution in [3.63, 3.8) is 0 Å². The van der Waals surface area contributed by atoms with Gasteiger partial charge in [0.25, 0.3) is 0 Å². The number of ether oxygens (including phenoxy) is 1. The van der Waals surface area contributed by atoms with Crippen LogP contribution in [0.15, 0.2) is 24.3 Å². The van der Waals surface area contributed by atoms with Gasteiger partial charge in [0.05, 0.1) is 11.1 Å². The number of benzene rings is 1. The molecule has 0 aromatic heterocycles. The summed E-state index contributed by atoms with van der Waals surface area (Å²) in [4.78, 5) is 23.3. The second-order valence-electron chi connectivity index (χ2n) is 9.17. The lowest BCUT2D eigenvalue weighted by Crippen LogP contribution is -2.29. The van der Waals surface area contributed by atoms with Gasteiger partial charge in [-0.15, -0.1) is 0 Å². The highest BCUT2D eigenvalue weighted by molar-refractivity contribution is 6.02. The Kier molecular flexibility index (Phi) is 15.8. The maximum absolute atomic E-state index is 12.2. The summed E-state index contributed by atoms with van der Waals surface area (Å²) in [5, 5.41) is 9.10. The van der Waals surface area contributed by atoms with Gasteiger partial charge in [-0.1, -0.05) is 86.8 Å². The van der Waals surface area contributed by atoms with Gasteiger partial charge in [-0.05, 0) is 61.5 Å². The van der Waals surface area contributed by atoms with Crippen LogP contribution in [0.5, 0.6) is 0 Å². The Morgan fingerprint density at radius 2 is 1.19 bits per heavy atom. The van der Waals surface area contributed by atoms with Crippen LogP contribution in [0.1, 0.15) is 121 Å². The molecule has 2 aliphatic rings. The van der Waals surface area contributed by atoms with Crippen molar-refractivity contribution in [1.29, 1.82) is 0 Å². The number of aromatic carboxylic acids is 1. The predicted octanol–water partition coefficient (Wildman–Crippen LogP) is 8.25. The van der Waals surface area contributed by atoms with E-state index < -0.39 is 11.9 Å². The molecule has 0 radical (unpaired) electrons. The van der Waals surface area contributed by atoms with Crippen LogP contribution in [0, 0.1) is 23.7 Å². The van der Waals surface area contributed by atoms with Gasteiger partial charge in [0.1, 0.15) is 6.10 Å². The van der Waals surface area contributed by atoms with E-state index >= 15 is 0 Å². The van der Waals surface area contributed by atoms with Crippen LogP contribution in [-0.2, 0) is 4.74 Å². The molecule has 0 spiro atoms. The molecule has 1 aromatic carbocycles. The lowest BCUT2D eigenvalue weighted by Gasteiger charge is -2.31. The van der Waals surface area contributed by atoms with Crippen molar-refractivity contribution >= 4 is 11.9 Å². The molecule has 0 saturated heterocycles. The minimum Gasteiger partial charge on any atom is -0.478 e. The molecule has 32 heavy (non-hydrogen) atoms. The van der Waals surface area contributed by atoms with E-state index in [2.05, 4.69) is 27.7 Å². The first kappa shape index (κ1) is 30.2. The normalized spacial score (nSPS) is 26.6. The Hall–Kier alpha value is -1.84. The lowest BCUT2D eigenvalue weighted by atomic mass is 9.82. The summed E-state index contributed by atoms with van der Waals surface area (Å²) >= 11 is 0. The topological polar surface area (TPSA) is 63.6 Å². The molecule has 0 amide bonds. The SMILES string of the molecule is CC.CC.CC1CC(C)CC(OC(=O)c2ccccc2C(=O)O)C1.CC1CCC[C@@H](C)C1. The smallest absolute Gasteiger partial charge is 0.339 e. The van der Waals surface area contributed by atoms with E-state index in [0.717, 1.165) is 31.1 Å². The van der Waals surface area contributed by atoms with Crippen LogP contribution in [0.25, 0.3) is 0 Å². The van der Waals surface area contributed by atoms with Crippen LogP contribution in [-0.4, -0.2) is 23.1 Å². The molecule has 1 N–H and O–H groups in total. The summed E-state index contributed by atoms with van der Waals surface area (Å²) in [6.07, 6.45) is 8.65. The van der Waals surface area contributed by atoms with Gasteiger partial charge in [0, 0.05) is 0 Å². The van der Waals surface area contributed by atoms with Crippen molar-refractivity contribution in [2.45, 2.75) is 106 Å². The van der Waals surface area contributed by atoms with E-state index in [4.69, 9.17) is 9.84 Å². The molecule has 3 unspecified atom stereocenters. The molecule has 2 fully saturated rings. The van der Waals surface area contributed by atoms with E-state index in [0.29, 0.717) is 11.8 Å². The Labute approximate surface area is 197 Å². The molecule has 4 nitrogen and oxygen atoms in total. The molecule has 4 atom stereocenters. The van der Waals surface area contributed by atoms with Crippen LogP contribution >= 0.6 is 0 Å². The van der Waals surface area contributed by atoms with Gasteiger partial charge in [0.2, 0.25) is 0 Å². The first-order valence-corrected chi connectivity index (χ1v) is 12.8. The Morgan fingerprint density at radius 3 is 1.59 bits per heavy atom. The molecule has 1 aromatic rings. The Morgan fingerprint density at radius 1 is 0.750 bits per heavy atom. The quantitative estimate of drug-likeness (QED) is 0.473. The highest BCUT2D eigenvalue weighted by Crippen LogP contribution is 2.31. The fraction of sp³-hybridized carbons (Fsp3) is 0.714. The first-order valence-electron chi connectivity index (χ1n) is 12.8. The number of hydrogen-bond donors (Lipinski definition) is 1. The van der Waals surface area contributed by atoms with E-state index in [9.17, 15) is 9.59 Å². The highest BCUT2D eigenvalue weighted by atomic mass is 16.5. The highest BCUT2D eigenvalue weighted by Gasteiger charge is 2.28. The zero-order valence-corrected chi connectivity index (χ0v) is 21.8. The molecule has 2 saturated carbocycles. The summed E-state index contributed by atoms with van der Waals surface area (Å²) in [6.45, 7) is 17.1. The summed E-state index contributed by atoms with van der Waals surface area (Å²) in [7, 11) is 0. The maximum atomic E-state index is 12.2. The summed E-state index contributed by atoms with van der Waals surface area (Å²) in [6, 6.07) is 6.17. The van der Waals surface area contributed by atoms with Crippen molar-refractivity contribution in [3.8, 4) is 0 Å². The van der Waals surface area contributed by atoms with Crippen LogP contribution < -0.4 is 0 Å². The third-order valence-electron chi connectivity index (χ3n) is 5.98. The average molecular weight is 449 g/mol. The molecule has 3 rings (SSSR count). The van der Waals surface area contributed by atoms with Crippen molar-refractivity contribution in [2.75, 3.05) is 0 Å². The minimum absolute atomic E-state index is 0.00518. The van der Waals surface area contributed by atoms with Crippen molar-refractivity contribution < 1.29 is 19.4 Å². The molecule has 4 heteroatoms. The molecule has 0 bridgehead atoms. The molecule has 2 aliphatic carbocycles. The van der Waals surface area contributed by atoms with Crippen molar-refractivity contribution in [2.24, 2.45) is 23.7 Å². The second kappa shape index (κ2) is 16.7. The number of rotatable bonds is 3. The first-order chi connectivity index (χ1) is 15.3. The van der Waals surface area contributed by atoms with Crippen molar-refractivity contribution in [1.82, 2.24) is 0 Å². The predicted molar refractivity (Wildman–Crippen MR) is 134 cm³/mol. The molecule has 0 heterocycles. The molecule has 184 valence electrons. The molecular weight excluding hydrogens is 400 g/mol. The van der Waals surface area contributed by atoms with Crippen LogP contribution in [0.2, 0.25) is 0 Å². The summed E-state index contributed by atoms with van der Waals surface area (Å²) in [5.74, 6) is 1.45. The zero-order chi connectivity index (χ0) is 24.7. The third-order valence-corrected chi connectivity index (χ3v) is 5.98. The van der Waals surface area contributed by atoms with Crippen LogP contribution in [0.4, 0.5) is 0 Å². The standard InChI is InChI=1S/C16H20O4.C8H16.2C2H6/c1-10-7-11(2)9-12(8-10)20-16(19)14-6-4-3-5-13(14)15(17)18;1-7-4-3-5-8(2)6-7;2*1-2/h3-6,10-12H,7-9H2,1-2H3,(H,17,18);7-8H,3-6H2,1-2H3;2*1-2H3/t;7-,8?;;/m.1../s1. The fourth-order valence-electron chi connectivity index (χ4n) is 4.77. The van der Waals surface area contributed by atoms with Gasteiger partial charge < -0.3 is 9.84 Å². The largest absolute Gasteiger partial charge is 0.478 e. The number of carboxylic acids is 1. The van der Waals surface area contributed by atoms with Gasteiger partial charge in [-0.2, -0.15) is 0 Å². The summed E-state index contributed by atoms with van der Waals surface area (Å²) < 4.78 is 5.51. The number of hydrogen-bond acceptors (Lipinski definition) is 3. The van der Waals surface area contributed by atoms with Gasteiger partial charge in [0.15, 0.2) is 0 Å². The number of carbonyl (C=O) groups excluding carboxylic acids is 1. The Bertz CT molecular complexity index is 637. The van der Waals surface area contributed by atoms with E-state index in [1.165, 1.54) is 37.8 Å². The fourth-order valence-corrected chi connectivity index (χ4v) is 4.77.